The fourth-order valence-electron chi connectivity index (χ4n) is 1.10. The fraction of sp³-hybridized carbons (Fsp3) is 0.500. The average molecular weight is 271 g/mol. The van der Waals surface area contributed by atoms with E-state index in [-0.39, 0.29) is 12.8 Å². The Kier molecular flexibility index (Phi) is 5.11. The second-order valence-electron chi connectivity index (χ2n) is 3.19. The summed E-state index contributed by atoms with van der Waals surface area (Å²) in [6.07, 6.45) is -1.05. The minimum atomic E-state index is -1.01. The lowest BCUT2D eigenvalue weighted by Gasteiger charge is -2.12. The molecular formula is C8H9N5O6. The predicted octanol–water partition coefficient (Wildman–Crippen LogP) is -0.412. The molecule has 0 aromatic heterocycles. The van der Waals surface area contributed by atoms with Gasteiger partial charge in [0.1, 0.15) is 6.54 Å². The fourth-order valence-corrected chi connectivity index (χ4v) is 1.10. The molecule has 1 saturated heterocycles. The van der Waals surface area contributed by atoms with Gasteiger partial charge in [-0.15, -0.1) is 5.06 Å². The number of imide groups is 1. The maximum absolute atomic E-state index is 11.2. The molecule has 0 aromatic carbocycles. The molecule has 0 saturated carbocycles. The average Bonchev–Trinajstić information content (AvgIpc) is 2.68. The van der Waals surface area contributed by atoms with E-state index in [2.05, 4.69) is 19.6 Å². The maximum Gasteiger partial charge on any atom is 0.407 e. The van der Waals surface area contributed by atoms with Gasteiger partial charge in [-0.25, -0.2) is 9.59 Å². The second-order valence-corrected chi connectivity index (χ2v) is 3.19. The number of rotatable bonds is 5. The van der Waals surface area contributed by atoms with Gasteiger partial charge in [0.05, 0.1) is 0 Å². The molecule has 1 aliphatic heterocycles. The molecule has 1 rings (SSSR count). The number of carbonyl (C=O) groups excluding carboxylic acids is 4. The van der Waals surface area contributed by atoms with E-state index in [1.54, 1.807) is 0 Å². The van der Waals surface area contributed by atoms with E-state index in [9.17, 15) is 19.2 Å². The van der Waals surface area contributed by atoms with Crippen molar-refractivity contribution >= 4 is 23.9 Å². The van der Waals surface area contributed by atoms with Crippen molar-refractivity contribution in [1.29, 1.82) is 0 Å². The van der Waals surface area contributed by atoms with Gasteiger partial charge < -0.3 is 14.9 Å². The van der Waals surface area contributed by atoms with Crippen molar-refractivity contribution in [3.8, 4) is 0 Å². The van der Waals surface area contributed by atoms with Crippen LogP contribution in [0.15, 0.2) is 5.11 Å². The first-order chi connectivity index (χ1) is 9.04. The molecule has 0 atom stereocenters. The van der Waals surface area contributed by atoms with Crippen LogP contribution in [0.25, 0.3) is 10.4 Å². The number of nitrogens with zero attached hydrogens (tertiary/aromatic N) is 4. The maximum atomic E-state index is 11.2. The molecule has 1 N–H and O–H groups in total. The molecule has 3 amide bonds. The van der Waals surface area contributed by atoms with Crippen LogP contribution in [-0.2, 0) is 24.0 Å². The van der Waals surface area contributed by atoms with E-state index in [1.165, 1.54) is 0 Å². The van der Waals surface area contributed by atoms with Gasteiger partial charge in [-0.3, -0.25) is 9.59 Å². The second kappa shape index (κ2) is 6.81. The summed E-state index contributed by atoms with van der Waals surface area (Å²) >= 11 is 0. The number of ether oxygens (including phenoxy) is 1. The SMILES string of the molecule is [N-]=[N+]=NCOC(=O)NCC(=O)ON1C(=O)CCC1=O. The molecule has 0 aromatic rings. The predicted molar refractivity (Wildman–Crippen MR) is 55.7 cm³/mol. The summed E-state index contributed by atoms with van der Waals surface area (Å²) in [5, 5.41) is 5.26. The zero-order chi connectivity index (χ0) is 14.3. The van der Waals surface area contributed by atoms with Gasteiger partial charge in [-0.2, -0.15) is 0 Å². The monoisotopic (exact) mass is 271 g/mol. The van der Waals surface area contributed by atoms with Gasteiger partial charge in [0, 0.05) is 17.8 Å². The van der Waals surface area contributed by atoms with Crippen LogP contribution in [0.3, 0.4) is 0 Å². The third-order valence-electron chi connectivity index (χ3n) is 1.89. The van der Waals surface area contributed by atoms with Crippen LogP contribution in [0.4, 0.5) is 4.79 Å². The van der Waals surface area contributed by atoms with Crippen LogP contribution in [0.5, 0.6) is 0 Å². The van der Waals surface area contributed by atoms with E-state index in [1.807, 2.05) is 5.32 Å². The first-order valence-electron chi connectivity index (χ1n) is 5.02. The summed E-state index contributed by atoms with van der Waals surface area (Å²) < 4.78 is 4.32. The molecule has 1 aliphatic rings. The molecule has 11 nitrogen and oxygen atoms in total. The molecule has 102 valence electrons. The Morgan fingerprint density at radius 1 is 1.37 bits per heavy atom. The third kappa shape index (κ3) is 4.52. The number of nitrogens with one attached hydrogen (secondary N) is 1. The first kappa shape index (κ1) is 14.3. The van der Waals surface area contributed by atoms with Gasteiger partial charge in [0.2, 0.25) is 0 Å². The van der Waals surface area contributed by atoms with Gasteiger partial charge in [-0.1, -0.05) is 5.11 Å². The summed E-state index contributed by atoms with van der Waals surface area (Å²) in [5.74, 6) is -2.25. The molecule has 11 heteroatoms. The lowest BCUT2D eigenvalue weighted by atomic mass is 10.4. The van der Waals surface area contributed by atoms with Crippen LogP contribution in [0, 0.1) is 0 Å². The van der Waals surface area contributed by atoms with Crippen molar-refractivity contribution in [3.63, 3.8) is 0 Å². The Morgan fingerprint density at radius 2 is 2.00 bits per heavy atom. The molecule has 0 spiro atoms. The lowest BCUT2D eigenvalue weighted by Crippen LogP contribution is -2.37. The third-order valence-corrected chi connectivity index (χ3v) is 1.89. The Hall–Kier alpha value is -2.81. The molecule has 19 heavy (non-hydrogen) atoms. The van der Waals surface area contributed by atoms with Crippen molar-refractivity contribution in [3.05, 3.63) is 10.4 Å². The highest BCUT2D eigenvalue weighted by Crippen LogP contribution is 2.11. The van der Waals surface area contributed by atoms with E-state index >= 15 is 0 Å². The number of hydrogen-bond donors (Lipinski definition) is 1. The minimum Gasteiger partial charge on any atom is -0.443 e. The van der Waals surface area contributed by atoms with Crippen molar-refractivity contribution in [2.75, 3.05) is 13.3 Å². The summed E-state index contributed by atoms with van der Waals surface area (Å²) in [5.41, 5.74) is 7.91. The Morgan fingerprint density at radius 3 is 2.58 bits per heavy atom. The standard InChI is InChI=1S/C8H9N5O6/c9-12-11-4-18-8(17)10-3-7(16)19-13-5(14)1-2-6(13)15/h1-4H2,(H,10,17). The normalized spacial score (nSPS) is 13.8. The van der Waals surface area contributed by atoms with Crippen LogP contribution in [0.1, 0.15) is 12.8 Å². The summed E-state index contributed by atoms with van der Waals surface area (Å²) in [6, 6.07) is 0. The van der Waals surface area contributed by atoms with Crippen molar-refractivity contribution in [1.82, 2.24) is 10.4 Å². The zero-order valence-electron chi connectivity index (χ0n) is 9.57. The van der Waals surface area contributed by atoms with Crippen LogP contribution < -0.4 is 5.32 Å². The summed E-state index contributed by atoms with van der Waals surface area (Å²) in [7, 11) is 0. The van der Waals surface area contributed by atoms with Gasteiger partial charge in [0.25, 0.3) is 11.8 Å². The number of amides is 3. The topological polar surface area (TPSA) is 151 Å². The molecular weight excluding hydrogens is 262 g/mol. The molecule has 0 bridgehead atoms. The lowest BCUT2D eigenvalue weighted by molar-refractivity contribution is -0.196. The number of hydrogen-bond acceptors (Lipinski definition) is 7. The summed E-state index contributed by atoms with van der Waals surface area (Å²) in [6.45, 7) is -1.13. The highest BCUT2D eigenvalue weighted by Gasteiger charge is 2.32. The molecule has 0 unspecified atom stereocenters. The Balaban J connectivity index is 2.28. The van der Waals surface area contributed by atoms with E-state index in [4.69, 9.17) is 5.53 Å². The molecule has 0 radical (unpaired) electrons. The van der Waals surface area contributed by atoms with E-state index in [0.29, 0.717) is 5.06 Å². The zero-order valence-corrected chi connectivity index (χ0v) is 9.57. The summed E-state index contributed by atoms with van der Waals surface area (Å²) in [4.78, 5) is 51.1. The highest BCUT2D eigenvalue weighted by molar-refractivity contribution is 6.01. The molecule has 0 aliphatic carbocycles. The van der Waals surface area contributed by atoms with Crippen LogP contribution in [0.2, 0.25) is 0 Å². The number of hydroxylamine groups is 2. The molecule has 1 fully saturated rings. The van der Waals surface area contributed by atoms with Gasteiger partial charge in [-0.05, 0) is 5.53 Å². The number of alkyl carbamates (subject to hydrolysis) is 1. The van der Waals surface area contributed by atoms with Crippen molar-refractivity contribution < 1.29 is 28.8 Å². The number of carbonyl (C=O) groups is 4. The van der Waals surface area contributed by atoms with Crippen LogP contribution in [-0.4, -0.2) is 42.2 Å². The van der Waals surface area contributed by atoms with E-state index in [0.717, 1.165) is 0 Å². The van der Waals surface area contributed by atoms with Crippen molar-refractivity contribution in [2.24, 2.45) is 5.11 Å². The quantitative estimate of drug-likeness (QED) is 0.310. The Labute approximate surface area is 106 Å². The highest BCUT2D eigenvalue weighted by atomic mass is 16.7. The van der Waals surface area contributed by atoms with E-state index < -0.39 is 37.2 Å². The van der Waals surface area contributed by atoms with Crippen molar-refractivity contribution in [2.45, 2.75) is 12.8 Å². The van der Waals surface area contributed by atoms with Gasteiger partial charge in [0.15, 0.2) is 6.73 Å². The first-order valence-corrected chi connectivity index (χ1v) is 5.02. The van der Waals surface area contributed by atoms with Gasteiger partial charge >= 0.3 is 12.1 Å². The largest absolute Gasteiger partial charge is 0.443 e. The smallest absolute Gasteiger partial charge is 0.407 e. The van der Waals surface area contributed by atoms with Crippen LogP contribution >= 0.6 is 0 Å². The Bertz CT molecular complexity index is 441. The number of azide groups is 1. The molecule has 1 heterocycles. The minimum absolute atomic E-state index is 0.0201.